The minimum Gasteiger partial charge on any atom is -0.496 e. The Kier molecular flexibility index (Phi) is 5.91. The Balaban J connectivity index is 2.13. The van der Waals surface area contributed by atoms with Crippen LogP contribution in [0.3, 0.4) is 0 Å². The molecular formula is C15H18ClIN2O3. The van der Waals surface area contributed by atoms with E-state index in [4.69, 9.17) is 16.3 Å². The average molecular weight is 437 g/mol. The molecule has 0 aromatic heterocycles. The molecular weight excluding hydrogens is 419 g/mol. The van der Waals surface area contributed by atoms with E-state index in [-0.39, 0.29) is 11.8 Å². The van der Waals surface area contributed by atoms with Gasteiger partial charge in [-0.3, -0.25) is 9.59 Å². The largest absolute Gasteiger partial charge is 0.496 e. The number of halogens is 2. The Hall–Kier alpha value is -1.02. The molecule has 1 saturated heterocycles. The molecule has 1 aliphatic heterocycles. The van der Waals surface area contributed by atoms with Crippen molar-refractivity contribution in [3.05, 3.63) is 26.3 Å². The third-order valence-corrected chi connectivity index (χ3v) is 5.22. The summed E-state index contributed by atoms with van der Waals surface area (Å²) in [5, 5.41) is 0.532. The highest BCUT2D eigenvalue weighted by molar-refractivity contribution is 14.1. The van der Waals surface area contributed by atoms with E-state index in [2.05, 4.69) is 22.6 Å². The maximum atomic E-state index is 12.7. The van der Waals surface area contributed by atoms with Gasteiger partial charge in [0.1, 0.15) is 5.75 Å². The summed E-state index contributed by atoms with van der Waals surface area (Å²) < 4.78 is 6.13. The molecule has 1 aromatic carbocycles. The third kappa shape index (κ3) is 3.65. The molecule has 1 fully saturated rings. The van der Waals surface area contributed by atoms with Gasteiger partial charge in [-0.1, -0.05) is 18.5 Å². The lowest BCUT2D eigenvalue weighted by molar-refractivity contribution is -0.132. The van der Waals surface area contributed by atoms with Crippen molar-refractivity contribution < 1.29 is 14.3 Å². The van der Waals surface area contributed by atoms with E-state index in [9.17, 15) is 9.59 Å². The second-order valence-corrected chi connectivity index (χ2v) is 6.56. The van der Waals surface area contributed by atoms with Crippen molar-refractivity contribution in [3.63, 3.8) is 0 Å². The number of benzene rings is 1. The normalized spacial score (nSPS) is 14.9. The molecule has 0 saturated carbocycles. The zero-order valence-corrected chi connectivity index (χ0v) is 15.5. The van der Waals surface area contributed by atoms with Crippen molar-refractivity contribution in [1.82, 2.24) is 9.80 Å². The third-order valence-electron chi connectivity index (χ3n) is 3.69. The van der Waals surface area contributed by atoms with Crippen LogP contribution >= 0.6 is 34.2 Å². The van der Waals surface area contributed by atoms with Crippen LogP contribution in [0.5, 0.6) is 5.75 Å². The van der Waals surface area contributed by atoms with E-state index >= 15 is 0 Å². The van der Waals surface area contributed by atoms with E-state index < -0.39 is 0 Å². The molecule has 0 atom stereocenters. The molecule has 0 aliphatic carbocycles. The Morgan fingerprint density at radius 1 is 1.23 bits per heavy atom. The monoisotopic (exact) mass is 436 g/mol. The maximum absolute atomic E-state index is 12.7. The molecule has 2 amide bonds. The van der Waals surface area contributed by atoms with Crippen molar-refractivity contribution in [1.29, 1.82) is 0 Å². The Bertz CT molecular complexity index is 586. The summed E-state index contributed by atoms with van der Waals surface area (Å²) in [6.45, 7) is 4.03. The van der Waals surface area contributed by atoms with Crippen LogP contribution in [-0.4, -0.2) is 54.9 Å². The van der Waals surface area contributed by atoms with Crippen LogP contribution in [0.15, 0.2) is 12.1 Å². The highest BCUT2D eigenvalue weighted by Crippen LogP contribution is 2.29. The van der Waals surface area contributed by atoms with Crippen LogP contribution in [-0.2, 0) is 4.79 Å². The van der Waals surface area contributed by atoms with Crippen LogP contribution in [0.1, 0.15) is 23.7 Å². The number of piperazine rings is 1. The van der Waals surface area contributed by atoms with E-state index in [1.807, 2.05) is 6.92 Å². The number of rotatable bonds is 3. The first-order chi connectivity index (χ1) is 10.5. The summed E-state index contributed by atoms with van der Waals surface area (Å²) in [7, 11) is 1.54. The van der Waals surface area contributed by atoms with Crippen LogP contribution in [0.2, 0.25) is 5.02 Å². The van der Waals surface area contributed by atoms with Gasteiger partial charge in [-0.2, -0.15) is 0 Å². The second kappa shape index (κ2) is 7.50. The van der Waals surface area contributed by atoms with E-state index in [1.165, 1.54) is 7.11 Å². The number of hydrogen-bond donors (Lipinski definition) is 0. The molecule has 120 valence electrons. The second-order valence-electron chi connectivity index (χ2n) is 4.99. The average Bonchev–Trinajstić information content (AvgIpc) is 2.55. The fraction of sp³-hybridized carbons (Fsp3) is 0.467. The number of carbonyl (C=O) groups excluding carboxylic acids is 2. The topological polar surface area (TPSA) is 49.9 Å². The van der Waals surface area contributed by atoms with Gasteiger partial charge < -0.3 is 14.5 Å². The molecule has 0 N–H and O–H groups in total. The minimum absolute atomic E-state index is 0.112. The van der Waals surface area contributed by atoms with Crippen LogP contribution < -0.4 is 4.74 Å². The number of amides is 2. The van der Waals surface area contributed by atoms with Gasteiger partial charge in [0.05, 0.1) is 17.7 Å². The van der Waals surface area contributed by atoms with Gasteiger partial charge >= 0.3 is 0 Å². The molecule has 0 unspecified atom stereocenters. The Labute approximate surface area is 148 Å². The Morgan fingerprint density at radius 2 is 1.82 bits per heavy atom. The molecule has 1 heterocycles. The smallest absolute Gasteiger partial charge is 0.257 e. The van der Waals surface area contributed by atoms with Crippen LogP contribution in [0, 0.1) is 3.57 Å². The number of nitrogens with zero attached hydrogens (tertiary/aromatic N) is 2. The summed E-state index contributed by atoms with van der Waals surface area (Å²) >= 11 is 8.22. The number of ether oxygens (including phenoxy) is 1. The van der Waals surface area contributed by atoms with Gasteiger partial charge in [0, 0.05) is 36.2 Å². The van der Waals surface area contributed by atoms with E-state index in [0.29, 0.717) is 48.9 Å². The van der Waals surface area contributed by atoms with Gasteiger partial charge in [-0.05, 0) is 34.7 Å². The quantitative estimate of drug-likeness (QED) is 0.685. The fourth-order valence-corrected chi connectivity index (χ4v) is 3.02. The molecule has 0 spiro atoms. The summed E-state index contributed by atoms with van der Waals surface area (Å²) in [6.07, 6.45) is 0.495. The van der Waals surface area contributed by atoms with E-state index in [0.717, 1.165) is 3.57 Å². The first-order valence-electron chi connectivity index (χ1n) is 7.08. The summed E-state index contributed by atoms with van der Waals surface area (Å²) in [5.74, 6) is 0.534. The minimum atomic E-state index is -0.112. The van der Waals surface area contributed by atoms with Gasteiger partial charge in [0.15, 0.2) is 0 Å². The summed E-state index contributed by atoms with van der Waals surface area (Å²) in [6, 6.07) is 3.40. The molecule has 22 heavy (non-hydrogen) atoms. The van der Waals surface area contributed by atoms with Gasteiger partial charge in [0.2, 0.25) is 5.91 Å². The van der Waals surface area contributed by atoms with Crippen molar-refractivity contribution in [2.24, 2.45) is 0 Å². The number of hydrogen-bond acceptors (Lipinski definition) is 3. The summed E-state index contributed by atoms with van der Waals surface area (Å²) in [5.41, 5.74) is 0.461. The van der Waals surface area contributed by atoms with E-state index in [1.54, 1.807) is 21.9 Å². The molecule has 5 nitrogen and oxygen atoms in total. The van der Waals surface area contributed by atoms with Crippen LogP contribution in [0.25, 0.3) is 0 Å². The van der Waals surface area contributed by atoms with Crippen molar-refractivity contribution >= 4 is 46.0 Å². The SMILES string of the molecule is CCC(=O)N1CCN(C(=O)c2cc(Cl)c(I)cc2OC)CC1. The molecule has 7 heteroatoms. The molecule has 0 bridgehead atoms. The standard InChI is InChI=1S/C15H18ClIN2O3/c1-3-14(20)18-4-6-19(7-5-18)15(21)10-8-11(16)12(17)9-13(10)22-2/h8-9H,3-7H2,1-2H3. The van der Waals surface area contributed by atoms with Crippen molar-refractivity contribution in [3.8, 4) is 5.75 Å². The zero-order chi connectivity index (χ0) is 16.3. The molecule has 0 radical (unpaired) electrons. The van der Waals surface area contributed by atoms with Gasteiger partial charge in [0.25, 0.3) is 5.91 Å². The van der Waals surface area contributed by atoms with Gasteiger partial charge in [-0.25, -0.2) is 0 Å². The lowest BCUT2D eigenvalue weighted by Crippen LogP contribution is -2.50. The Morgan fingerprint density at radius 3 is 2.36 bits per heavy atom. The predicted octanol–water partition coefficient (Wildman–Crippen LogP) is 2.65. The molecule has 1 aliphatic rings. The molecule has 2 rings (SSSR count). The molecule has 1 aromatic rings. The first kappa shape index (κ1) is 17.3. The highest BCUT2D eigenvalue weighted by atomic mass is 127. The van der Waals surface area contributed by atoms with Crippen LogP contribution in [0.4, 0.5) is 0 Å². The lowest BCUT2D eigenvalue weighted by atomic mass is 10.1. The first-order valence-corrected chi connectivity index (χ1v) is 8.53. The number of carbonyl (C=O) groups is 2. The number of methoxy groups -OCH3 is 1. The highest BCUT2D eigenvalue weighted by Gasteiger charge is 2.26. The van der Waals surface area contributed by atoms with Crippen molar-refractivity contribution in [2.45, 2.75) is 13.3 Å². The summed E-state index contributed by atoms with van der Waals surface area (Å²) in [4.78, 5) is 27.9. The predicted molar refractivity (Wildman–Crippen MR) is 93.5 cm³/mol. The maximum Gasteiger partial charge on any atom is 0.257 e. The van der Waals surface area contributed by atoms with Crippen molar-refractivity contribution in [2.75, 3.05) is 33.3 Å². The lowest BCUT2D eigenvalue weighted by Gasteiger charge is -2.35. The zero-order valence-electron chi connectivity index (χ0n) is 12.6. The van der Waals surface area contributed by atoms with Gasteiger partial charge in [-0.15, -0.1) is 0 Å². The fourth-order valence-electron chi connectivity index (χ4n) is 2.42.